The SMILES string of the molecule is CSCC[C@H](NC(=O)[C@H](CO)NC(=O)[C@H](Cc1ccc(O)cc1)NC(=O)[C@H](C)NC(=O)[C@H](CO)NC(=O)[C@H](CC(C)C)NC(=O)[C@H](CO)NC(=O)[C@H](Cc1ccccc1)NC(=O)CNC(=O)[C@H](CO)NC(=O)[C@H](C)NC(=O)[C@@H](NC(=O)[C@H](CS)NC(=O)[C@@H](N)[C@@H](C)O)[C@@H](C)O)C(=O)N[C@@H](CO)C(=O)N[C@@H](Cc1c[nH]c2ccccc12)C(=O)N[C@H](C(=O)N[C@@H](CCCNC(=N)N)C(=O)N[C@@H](CCC(N)=O)C(=O)N[C@@H](C)C(=O)O)C(C)C. The topological polar surface area (TPSA) is 899 Å². The summed E-state index contributed by atoms with van der Waals surface area (Å²) in [6.45, 7) is 5.30. The number of H-pyrrole nitrogens is 1. The number of para-hydroxylation sites is 1. The molecule has 0 saturated carbocycles. The molecule has 21 atom stereocenters. The number of aliphatic hydroxyl groups excluding tert-OH is 7. The third-order valence-electron chi connectivity index (χ3n) is 22.9. The minimum Gasteiger partial charge on any atom is -0.508 e. The lowest BCUT2D eigenvalue weighted by atomic mass is 9.99. The van der Waals surface area contributed by atoms with Gasteiger partial charge in [-0.05, 0) is 125 Å². The highest BCUT2D eigenvalue weighted by atomic mass is 32.2. The van der Waals surface area contributed by atoms with Gasteiger partial charge in [0, 0.05) is 55.1 Å². The summed E-state index contributed by atoms with van der Waals surface area (Å²) in [6, 6.07) is -11.8. The predicted octanol–water partition coefficient (Wildman–Crippen LogP) is -12.1. The number of nitrogens with one attached hydrogen (secondary N) is 22. The third kappa shape index (κ3) is 43.4. The number of fused-ring (bicyclic) bond motifs is 1. The first kappa shape index (κ1) is 128. The van der Waals surface area contributed by atoms with E-state index in [4.69, 9.17) is 22.6 Å². The number of rotatable bonds is 66. The van der Waals surface area contributed by atoms with Gasteiger partial charge in [-0.3, -0.25) is 106 Å². The lowest BCUT2D eigenvalue weighted by molar-refractivity contribution is -0.142. The lowest BCUT2D eigenvalue weighted by Gasteiger charge is -2.29. The second kappa shape index (κ2) is 64.7. The van der Waals surface area contributed by atoms with Crippen LogP contribution in [0, 0.1) is 17.2 Å². The van der Waals surface area contributed by atoms with Gasteiger partial charge in [-0.25, -0.2) is 0 Å². The number of carbonyl (C=O) groups is 21. The van der Waals surface area contributed by atoms with Crippen molar-refractivity contribution in [2.45, 2.75) is 247 Å². The number of thioether (sulfide) groups is 1. The summed E-state index contributed by atoms with van der Waals surface area (Å²) < 4.78 is 0. The molecule has 0 radical (unpaired) electrons. The largest absolute Gasteiger partial charge is 0.508 e. The molecular formula is C93H141N25O30S2. The fourth-order valence-electron chi connectivity index (χ4n) is 14.2. The number of thiol groups is 1. The van der Waals surface area contributed by atoms with E-state index in [1.807, 2.05) is 0 Å². The normalized spacial score (nSPS) is 15.4. The van der Waals surface area contributed by atoms with Crippen LogP contribution in [0.5, 0.6) is 5.75 Å². The Morgan fingerprint density at radius 3 is 1.26 bits per heavy atom. The number of amides is 20. The van der Waals surface area contributed by atoms with E-state index in [0.717, 1.165) is 27.7 Å². The number of aromatic amines is 1. The zero-order valence-electron chi connectivity index (χ0n) is 84.3. The van der Waals surface area contributed by atoms with Crippen molar-refractivity contribution in [3.05, 3.63) is 102 Å². The Morgan fingerprint density at radius 1 is 0.393 bits per heavy atom. The number of guanidine groups is 1. The Kier molecular flexibility index (Phi) is 55.1. The second-order valence-electron chi connectivity index (χ2n) is 35.9. The number of nitrogens with two attached hydrogens (primary N) is 3. The Morgan fingerprint density at radius 2 is 0.773 bits per heavy atom. The molecule has 55 nitrogen and oxygen atoms in total. The van der Waals surface area contributed by atoms with Gasteiger partial charge in [-0.1, -0.05) is 88.4 Å². The predicted molar refractivity (Wildman–Crippen MR) is 542 cm³/mol. The molecule has 4 aromatic rings. The molecule has 1 aromatic heterocycles. The maximum Gasteiger partial charge on any atom is 0.325 e. The van der Waals surface area contributed by atoms with Crippen LogP contribution >= 0.6 is 24.4 Å². The Bertz CT molecular complexity index is 5280. The number of phenolic OH excluding ortho intramolecular Hbond substituents is 1. The summed E-state index contributed by atoms with van der Waals surface area (Å²) in [5.74, 6) is -25.5. The van der Waals surface area contributed by atoms with Crippen molar-refractivity contribution in [3.63, 3.8) is 0 Å². The quantitative estimate of drug-likeness (QED) is 0.00845. The molecule has 0 fully saturated rings. The zero-order chi connectivity index (χ0) is 113. The summed E-state index contributed by atoms with van der Waals surface area (Å²) in [4.78, 5) is 291. The molecular weight excluding hydrogens is 2010 g/mol. The van der Waals surface area contributed by atoms with E-state index in [9.17, 15) is 147 Å². The Hall–Kier alpha value is -14.5. The number of carboxylic acids is 1. The van der Waals surface area contributed by atoms with Crippen molar-refractivity contribution in [1.82, 2.24) is 111 Å². The number of carbonyl (C=O) groups excluding carboxylic acids is 20. The number of benzene rings is 3. The number of carboxylic acid groups (broad SMARTS) is 1. The van der Waals surface area contributed by atoms with E-state index >= 15 is 0 Å². The highest BCUT2D eigenvalue weighted by Gasteiger charge is 2.41. The first-order chi connectivity index (χ1) is 70.7. The minimum absolute atomic E-state index is 0.0108. The second-order valence-corrected chi connectivity index (χ2v) is 37.3. The van der Waals surface area contributed by atoms with Crippen molar-refractivity contribution in [2.75, 3.05) is 63.9 Å². The number of hydrogen-bond donors (Lipinski definition) is 35. The molecule has 0 unspecified atom stereocenters. The van der Waals surface area contributed by atoms with Gasteiger partial charge in [0.2, 0.25) is 118 Å². The summed E-state index contributed by atoms with van der Waals surface area (Å²) in [5, 5.41) is 148. The average Bonchev–Trinajstić information content (AvgIpc) is 1.66. The molecule has 0 aliphatic heterocycles. The van der Waals surface area contributed by atoms with Gasteiger partial charge in [0.25, 0.3) is 0 Å². The van der Waals surface area contributed by atoms with E-state index in [0.29, 0.717) is 22.0 Å². The van der Waals surface area contributed by atoms with Crippen molar-refractivity contribution in [2.24, 2.45) is 29.0 Å². The van der Waals surface area contributed by atoms with Crippen LogP contribution < -0.4 is 124 Å². The molecule has 37 N–H and O–H groups in total. The van der Waals surface area contributed by atoms with Crippen molar-refractivity contribution in [3.8, 4) is 5.75 Å². The van der Waals surface area contributed by atoms with Gasteiger partial charge >= 0.3 is 5.97 Å². The molecule has 150 heavy (non-hydrogen) atoms. The molecule has 4 rings (SSSR count). The van der Waals surface area contributed by atoms with E-state index in [1.165, 1.54) is 63.0 Å². The Labute approximate surface area is 872 Å². The summed E-state index contributed by atoms with van der Waals surface area (Å²) in [6.07, 6.45) is -2.32. The van der Waals surface area contributed by atoms with E-state index in [-0.39, 0.29) is 67.9 Å². The smallest absolute Gasteiger partial charge is 0.325 e. The van der Waals surface area contributed by atoms with Crippen LogP contribution in [0.25, 0.3) is 10.9 Å². The molecule has 0 aliphatic carbocycles. The van der Waals surface area contributed by atoms with Crippen LogP contribution in [-0.2, 0) is 120 Å². The van der Waals surface area contributed by atoms with E-state index in [2.05, 4.69) is 124 Å². The van der Waals surface area contributed by atoms with Gasteiger partial charge < -0.3 is 174 Å². The maximum atomic E-state index is 14.8. The van der Waals surface area contributed by atoms with Gasteiger partial charge in [0.15, 0.2) is 5.96 Å². The standard InChI is InChI=1S/C93H141N25O30S2/c1-43(2)31-59(109-86(141)67(41-123)114-81(136)60(32-50-17-12-11-13-18-50)104-70(128)36-100-76(131)63(37-119)111-75(130)46(6)102-91(146)73(49(9)125)118-88(143)68(42-149)116-89(144)71(95)48(8)124)80(135)113-64(38-120)84(139)101-45(5)74(129)108-61(33-51-22-24-53(126)25-23-51)82(137)115-65(39-121)85(140)106-58(28-30-150-10)79(134)112-66(40-122)87(142)110-62(34-52-35-99-55-20-15-14-19-54(52)55)83(138)117-72(44(3)4)90(145)107-56(21-16-29-98-93(96)97)78(133)105-57(26-27-69(94)127)77(132)103-47(7)92(147)148/h11-15,17-20,22-25,35,43-49,56-68,71-73,99,119-126,149H,16,21,26-34,36-42,95H2,1-10H3,(H2,94,127)(H,100,131)(H,101,139)(H,102,146)(H,103,132)(H,104,128)(H,105,133)(H,106,140)(H,107,145)(H,108,129)(H,109,141)(H,110,142)(H,111,130)(H,112,134)(H,113,135)(H,114,136)(H,115,137)(H,116,144)(H,117,138)(H,118,143)(H,147,148)(H4,96,97,98)/t45-,46-,47-,48+,49+,56-,57-,58-,59-,60-,61-,62-,63-,64-,65-,66-,67-,68-,71-,72-,73-/m0/s1. The lowest BCUT2D eigenvalue weighted by Crippen LogP contribution is -2.62. The molecule has 0 aliphatic rings. The van der Waals surface area contributed by atoms with Crippen LogP contribution in [0.3, 0.4) is 0 Å². The highest BCUT2D eigenvalue weighted by Crippen LogP contribution is 2.22. The number of aliphatic hydroxyl groups is 7. The number of hydrogen-bond acceptors (Lipinski definition) is 33. The van der Waals surface area contributed by atoms with Gasteiger partial charge in [0.05, 0.1) is 51.8 Å². The number of phenols is 1. The maximum absolute atomic E-state index is 14.8. The summed E-state index contributed by atoms with van der Waals surface area (Å²) in [5.41, 5.74) is 18.2. The minimum atomic E-state index is -1.96. The van der Waals surface area contributed by atoms with Crippen molar-refractivity contribution in [1.29, 1.82) is 5.41 Å². The van der Waals surface area contributed by atoms with Gasteiger partial charge in [-0.15, -0.1) is 0 Å². The van der Waals surface area contributed by atoms with Gasteiger partial charge in [0.1, 0.15) is 121 Å². The molecule has 3 aromatic carbocycles. The van der Waals surface area contributed by atoms with Crippen LogP contribution in [0.4, 0.5) is 0 Å². The van der Waals surface area contributed by atoms with Crippen LogP contribution in [0.1, 0.15) is 118 Å². The molecule has 57 heteroatoms. The molecule has 20 amide bonds. The molecule has 1 heterocycles. The first-order valence-electron chi connectivity index (χ1n) is 47.7. The third-order valence-corrected chi connectivity index (χ3v) is 23.9. The van der Waals surface area contributed by atoms with Crippen LogP contribution in [0.15, 0.2) is 85.1 Å². The average molecular weight is 2150 g/mol. The monoisotopic (exact) mass is 2150 g/mol. The summed E-state index contributed by atoms with van der Waals surface area (Å²) in [7, 11) is 0. The zero-order valence-corrected chi connectivity index (χ0v) is 86.0. The molecule has 830 valence electrons. The highest BCUT2D eigenvalue weighted by molar-refractivity contribution is 7.98. The number of aromatic hydroxyl groups is 1. The Balaban J connectivity index is 1.50. The first-order valence-corrected chi connectivity index (χ1v) is 49.7. The van der Waals surface area contributed by atoms with E-state index < -0.39 is 328 Å². The van der Waals surface area contributed by atoms with Gasteiger partial charge in [-0.2, -0.15) is 24.4 Å². The van der Waals surface area contributed by atoms with Crippen LogP contribution in [-0.4, -0.2) is 372 Å². The van der Waals surface area contributed by atoms with E-state index in [1.54, 1.807) is 74.7 Å². The molecule has 0 bridgehead atoms. The number of primary amides is 1. The fraction of sp³-hybridized carbons (Fsp3) is 0.548. The fourth-order valence-corrected chi connectivity index (χ4v) is 14.9. The van der Waals surface area contributed by atoms with Crippen molar-refractivity contribution >= 4 is 165 Å². The molecule has 0 spiro atoms. The molecule has 0 saturated heterocycles. The number of aliphatic carboxylic acids is 1. The van der Waals surface area contributed by atoms with Crippen LogP contribution in [0.2, 0.25) is 0 Å². The number of aromatic nitrogens is 1. The van der Waals surface area contributed by atoms with Crippen molar-refractivity contribution < 1.29 is 147 Å². The summed E-state index contributed by atoms with van der Waals surface area (Å²) >= 11 is 5.22.